The normalized spacial score (nSPS) is 24.3. The number of carbonyl (C=O) groups excluding carboxylic acids is 1. The van der Waals surface area contributed by atoms with Crippen LogP contribution in [0.3, 0.4) is 0 Å². The van der Waals surface area contributed by atoms with Crippen molar-refractivity contribution in [2.24, 2.45) is 5.73 Å². The van der Waals surface area contributed by atoms with Crippen LogP contribution in [0.15, 0.2) is 0 Å². The number of carbonyl (C=O) groups is 1. The second-order valence-electron chi connectivity index (χ2n) is 3.85. The van der Waals surface area contributed by atoms with Crippen molar-refractivity contribution < 1.29 is 14.3 Å². The van der Waals surface area contributed by atoms with Gasteiger partial charge in [-0.3, -0.25) is 4.79 Å². The molecule has 1 heterocycles. The van der Waals surface area contributed by atoms with Crippen LogP contribution in [-0.4, -0.2) is 31.3 Å². The average molecular weight is 201 g/mol. The molecule has 1 aliphatic rings. The summed E-state index contributed by atoms with van der Waals surface area (Å²) in [6.07, 6.45) is 3.65. The smallest absolute Gasteiger partial charge is 0.307 e. The number of hydrogen-bond acceptors (Lipinski definition) is 4. The van der Waals surface area contributed by atoms with Gasteiger partial charge in [0.1, 0.15) is 6.61 Å². The Balaban J connectivity index is 2.09. The lowest BCUT2D eigenvalue weighted by Gasteiger charge is -2.22. The molecule has 1 aliphatic heterocycles. The average Bonchev–Trinajstić information content (AvgIpc) is 2.15. The van der Waals surface area contributed by atoms with Crippen molar-refractivity contribution >= 4 is 5.97 Å². The van der Waals surface area contributed by atoms with Crippen molar-refractivity contribution in [2.75, 3.05) is 13.2 Å². The van der Waals surface area contributed by atoms with Gasteiger partial charge in [-0.05, 0) is 26.2 Å². The topological polar surface area (TPSA) is 61.6 Å². The quantitative estimate of drug-likeness (QED) is 0.684. The first kappa shape index (κ1) is 11.5. The summed E-state index contributed by atoms with van der Waals surface area (Å²) in [5.74, 6) is -0.228. The fourth-order valence-corrected chi connectivity index (χ4v) is 1.45. The van der Waals surface area contributed by atoms with E-state index in [9.17, 15) is 4.79 Å². The third kappa shape index (κ3) is 4.58. The van der Waals surface area contributed by atoms with Gasteiger partial charge in [-0.15, -0.1) is 0 Å². The maximum Gasteiger partial charge on any atom is 0.307 e. The Kier molecular flexibility index (Phi) is 4.90. The molecule has 0 saturated carbocycles. The van der Waals surface area contributed by atoms with Crippen LogP contribution in [0, 0.1) is 0 Å². The van der Waals surface area contributed by atoms with Gasteiger partial charge in [0.2, 0.25) is 0 Å². The molecular weight excluding hydrogens is 182 g/mol. The van der Waals surface area contributed by atoms with E-state index in [0.717, 1.165) is 25.9 Å². The highest BCUT2D eigenvalue weighted by molar-refractivity contribution is 5.70. The molecule has 14 heavy (non-hydrogen) atoms. The van der Waals surface area contributed by atoms with E-state index in [1.165, 1.54) is 0 Å². The Morgan fingerprint density at radius 3 is 3.00 bits per heavy atom. The molecule has 0 aromatic carbocycles. The van der Waals surface area contributed by atoms with Crippen LogP contribution >= 0.6 is 0 Å². The van der Waals surface area contributed by atoms with Crippen LogP contribution in [0.4, 0.5) is 0 Å². The van der Waals surface area contributed by atoms with E-state index >= 15 is 0 Å². The Morgan fingerprint density at radius 2 is 2.43 bits per heavy atom. The predicted molar refractivity (Wildman–Crippen MR) is 52.8 cm³/mol. The first-order valence-corrected chi connectivity index (χ1v) is 5.21. The molecule has 0 bridgehead atoms. The van der Waals surface area contributed by atoms with E-state index in [1.54, 1.807) is 6.92 Å². The van der Waals surface area contributed by atoms with Crippen molar-refractivity contribution in [3.63, 3.8) is 0 Å². The fourth-order valence-electron chi connectivity index (χ4n) is 1.45. The van der Waals surface area contributed by atoms with Gasteiger partial charge in [0.15, 0.2) is 0 Å². The minimum absolute atomic E-state index is 0.0979. The molecule has 2 N–H and O–H groups in total. The molecule has 1 fully saturated rings. The zero-order valence-electron chi connectivity index (χ0n) is 8.70. The Morgan fingerprint density at radius 1 is 1.64 bits per heavy atom. The minimum atomic E-state index is -0.228. The van der Waals surface area contributed by atoms with Gasteiger partial charge < -0.3 is 15.2 Å². The van der Waals surface area contributed by atoms with E-state index in [4.69, 9.17) is 15.2 Å². The summed E-state index contributed by atoms with van der Waals surface area (Å²) >= 11 is 0. The van der Waals surface area contributed by atoms with Crippen LogP contribution in [-0.2, 0) is 14.3 Å². The maximum absolute atomic E-state index is 11.1. The summed E-state index contributed by atoms with van der Waals surface area (Å²) in [7, 11) is 0. The monoisotopic (exact) mass is 201 g/mol. The Bertz CT molecular complexity index is 176. The zero-order valence-corrected chi connectivity index (χ0v) is 8.70. The second kappa shape index (κ2) is 5.98. The standard InChI is InChI=1S/C10H19NO3/c1-8(11)6-10(12)14-7-9-4-2-3-5-13-9/h8-9H,2-7,11H2,1H3. The number of esters is 1. The minimum Gasteiger partial charge on any atom is -0.463 e. The highest BCUT2D eigenvalue weighted by Crippen LogP contribution is 2.12. The van der Waals surface area contributed by atoms with E-state index in [2.05, 4.69) is 0 Å². The maximum atomic E-state index is 11.1. The predicted octanol–water partition coefficient (Wildman–Crippen LogP) is 0.836. The van der Waals surface area contributed by atoms with Gasteiger partial charge in [0.25, 0.3) is 0 Å². The van der Waals surface area contributed by atoms with E-state index in [1.807, 2.05) is 0 Å². The lowest BCUT2D eigenvalue weighted by atomic mass is 10.1. The van der Waals surface area contributed by atoms with Gasteiger partial charge in [0.05, 0.1) is 12.5 Å². The van der Waals surface area contributed by atoms with E-state index in [-0.39, 0.29) is 24.5 Å². The first-order chi connectivity index (χ1) is 6.68. The van der Waals surface area contributed by atoms with E-state index in [0.29, 0.717) is 6.61 Å². The van der Waals surface area contributed by atoms with Crippen LogP contribution in [0.2, 0.25) is 0 Å². The van der Waals surface area contributed by atoms with Crippen LogP contribution < -0.4 is 5.73 Å². The first-order valence-electron chi connectivity index (χ1n) is 5.21. The summed E-state index contributed by atoms with van der Waals surface area (Å²) in [4.78, 5) is 11.1. The Labute approximate surface area is 84.7 Å². The summed E-state index contributed by atoms with van der Waals surface area (Å²) in [6, 6.07) is -0.130. The molecule has 0 aromatic rings. The molecule has 0 amide bonds. The van der Waals surface area contributed by atoms with Crippen molar-refractivity contribution in [1.29, 1.82) is 0 Å². The molecule has 4 heteroatoms. The molecule has 4 nitrogen and oxygen atoms in total. The molecule has 1 rings (SSSR count). The van der Waals surface area contributed by atoms with Gasteiger partial charge in [-0.2, -0.15) is 0 Å². The molecule has 0 aromatic heterocycles. The van der Waals surface area contributed by atoms with Gasteiger partial charge in [0, 0.05) is 12.6 Å². The lowest BCUT2D eigenvalue weighted by molar-refractivity contribution is -0.149. The van der Waals surface area contributed by atoms with Gasteiger partial charge in [-0.1, -0.05) is 0 Å². The number of nitrogens with two attached hydrogens (primary N) is 1. The summed E-state index contributed by atoms with van der Waals surface area (Å²) in [5.41, 5.74) is 5.47. The largest absolute Gasteiger partial charge is 0.463 e. The highest BCUT2D eigenvalue weighted by Gasteiger charge is 2.16. The van der Waals surface area contributed by atoms with Crippen LogP contribution in [0.25, 0.3) is 0 Å². The van der Waals surface area contributed by atoms with Crippen molar-refractivity contribution in [3.05, 3.63) is 0 Å². The molecule has 1 saturated heterocycles. The molecule has 2 unspecified atom stereocenters. The molecular formula is C10H19NO3. The summed E-state index contributed by atoms with van der Waals surface area (Å²) in [6.45, 7) is 2.96. The van der Waals surface area contributed by atoms with Crippen molar-refractivity contribution in [3.8, 4) is 0 Å². The molecule has 0 radical (unpaired) electrons. The summed E-state index contributed by atoms with van der Waals surface area (Å²) < 4.78 is 10.5. The SMILES string of the molecule is CC(N)CC(=O)OCC1CCCCO1. The van der Waals surface area contributed by atoms with Crippen LogP contribution in [0.5, 0.6) is 0 Å². The zero-order chi connectivity index (χ0) is 10.4. The third-order valence-electron chi connectivity index (χ3n) is 2.19. The van der Waals surface area contributed by atoms with Crippen LogP contribution in [0.1, 0.15) is 32.6 Å². The van der Waals surface area contributed by atoms with Gasteiger partial charge >= 0.3 is 5.97 Å². The van der Waals surface area contributed by atoms with Crippen molar-refractivity contribution in [1.82, 2.24) is 0 Å². The highest BCUT2D eigenvalue weighted by atomic mass is 16.6. The summed E-state index contributed by atoms with van der Waals surface area (Å²) in [5, 5.41) is 0. The third-order valence-corrected chi connectivity index (χ3v) is 2.19. The lowest BCUT2D eigenvalue weighted by Crippen LogP contribution is -2.28. The number of rotatable bonds is 4. The molecule has 2 atom stereocenters. The number of ether oxygens (including phenoxy) is 2. The number of hydrogen-bond donors (Lipinski definition) is 1. The fraction of sp³-hybridized carbons (Fsp3) is 0.900. The Hall–Kier alpha value is -0.610. The second-order valence-corrected chi connectivity index (χ2v) is 3.85. The van der Waals surface area contributed by atoms with Gasteiger partial charge in [-0.25, -0.2) is 0 Å². The molecule has 82 valence electrons. The van der Waals surface area contributed by atoms with E-state index < -0.39 is 0 Å². The molecule has 0 spiro atoms. The molecule has 0 aliphatic carbocycles. The van der Waals surface area contributed by atoms with Crippen molar-refractivity contribution in [2.45, 2.75) is 44.8 Å².